The van der Waals surface area contributed by atoms with Gasteiger partial charge < -0.3 is 16.4 Å². The summed E-state index contributed by atoms with van der Waals surface area (Å²) in [7, 11) is 1.88. The molecule has 190 valence electrons. The van der Waals surface area contributed by atoms with Crippen LogP contribution in [-0.4, -0.2) is 49.2 Å². The Kier molecular flexibility index (Phi) is 22.5. The Bertz CT molecular complexity index is 453. The molecule has 0 aromatic carbocycles. The van der Waals surface area contributed by atoms with E-state index < -0.39 is 0 Å². The second kappa shape index (κ2) is 23.2. The van der Waals surface area contributed by atoms with Crippen LogP contribution in [0.5, 0.6) is 0 Å². The zero-order valence-electron chi connectivity index (χ0n) is 21.9. The fourth-order valence-corrected chi connectivity index (χ4v) is 4.00. The third kappa shape index (κ3) is 19.7. The molecule has 1 atom stereocenters. The Morgan fingerprint density at radius 1 is 0.781 bits per heavy atom. The number of hydrogen-bond acceptors (Lipinski definition) is 4. The molecule has 0 aliphatic rings. The zero-order chi connectivity index (χ0) is 23.9. The van der Waals surface area contributed by atoms with Gasteiger partial charge in [0.1, 0.15) is 6.54 Å². The van der Waals surface area contributed by atoms with Crippen molar-refractivity contribution in [3.8, 4) is 0 Å². The Balaban J connectivity index is 3.50. The molecular formula is C27H56N4O. The summed E-state index contributed by atoms with van der Waals surface area (Å²) in [6, 6.07) is -0.0861. The van der Waals surface area contributed by atoms with E-state index in [0.29, 0.717) is 6.54 Å². The van der Waals surface area contributed by atoms with Crippen LogP contribution in [0.2, 0.25) is 0 Å². The smallest absolute Gasteiger partial charge is 0.243 e. The number of hydrogen-bond donors (Lipinski definition) is 2. The van der Waals surface area contributed by atoms with Gasteiger partial charge in [0.2, 0.25) is 5.91 Å². The van der Waals surface area contributed by atoms with Gasteiger partial charge in [-0.2, -0.15) is 0 Å². The van der Waals surface area contributed by atoms with Gasteiger partial charge in [0.05, 0.1) is 0 Å². The highest BCUT2D eigenvalue weighted by molar-refractivity contribution is 5.89. The van der Waals surface area contributed by atoms with Crippen LogP contribution in [-0.2, 0) is 4.79 Å². The summed E-state index contributed by atoms with van der Waals surface area (Å²) in [6.45, 7) is 5.86. The maximum atomic E-state index is 12.2. The largest absolute Gasteiger partial charge is 0.344 e. The van der Waals surface area contributed by atoms with Crippen LogP contribution < -0.4 is 11.5 Å². The third-order valence-corrected chi connectivity index (χ3v) is 6.49. The fourth-order valence-electron chi connectivity index (χ4n) is 4.00. The van der Waals surface area contributed by atoms with Crippen molar-refractivity contribution in [1.29, 1.82) is 0 Å². The first-order valence-electron chi connectivity index (χ1n) is 13.7. The molecule has 0 saturated carbocycles. The van der Waals surface area contributed by atoms with E-state index in [2.05, 4.69) is 11.9 Å². The fraction of sp³-hybridized carbons (Fsp3) is 0.926. The molecule has 32 heavy (non-hydrogen) atoms. The normalized spacial score (nSPS) is 12.8. The number of carbonyl (C=O) groups excluding carboxylic acids is 1. The minimum Gasteiger partial charge on any atom is -0.344 e. The first-order chi connectivity index (χ1) is 15.5. The summed E-state index contributed by atoms with van der Waals surface area (Å²) in [4.78, 5) is 18.4. The van der Waals surface area contributed by atoms with Crippen molar-refractivity contribution in [2.45, 2.75) is 135 Å². The topological polar surface area (TPSA) is 84.7 Å². The van der Waals surface area contributed by atoms with Gasteiger partial charge >= 0.3 is 0 Å². The van der Waals surface area contributed by atoms with Gasteiger partial charge in [0, 0.05) is 25.3 Å². The Morgan fingerprint density at radius 2 is 1.22 bits per heavy atom. The number of aliphatic imine (C=N–C) groups is 1. The predicted octanol–water partition coefficient (Wildman–Crippen LogP) is 6.23. The van der Waals surface area contributed by atoms with Crippen molar-refractivity contribution >= 4 is 11.6 Å². The Hall–Kier alpha value is -0.940. The second-order valence-corrected chi connectivity index (χ2v) is 9.61. The summed E-state index contributed by atoms with van der Waals surface area (Å²) in [5, 5.41) is 0. The van der Waals surface area contributed by atoms with Gasteiger partial charge in [0.25, 0.3) is 0 Å². The van der Waals surface area contributed by atoms with Crippen LogP contribution in [0.25, 0.3) is 0 Å². The van der Waals surface area contributed by atoms with Gasteiger partial charge in [0.15, 0.2) is 0 Å². The summed E-state index contributed by atoms with van der Waals surface area (Å²) >= 11 is 0. The van der Waals surface area contributed by atoms with E-state index >= 15 is 0 Å². The molecule has 5 nitrogen and oxygen atoms in total. The van der Waals surface area contributed by atoms with Crippen molar-refractivity contribution in [3.05, 3.63) is 0 Å². The first kappa shape index (κ1) is 31.1. The highest BCUT2D eigenvalue weighted by Crippen LogP contribution is 2.13. The van der Waals surface area contributed by atoms with Gasteiger partial charge in [-0.05, 0) is 32.7 Å². The molecule has 0 aromatic heterocycles. The van der Waals surface area contributed by atoms with Crippen LogP contribution in [0.4, 0.5) is 0 Å². The monoisotopic (exact) mass is 452 g/mol. The van der Waals surface area contributed by atoms with E-state index in [1.807, 2.05) is 18.9 Å². The summed E-state index contributed by atoms with van der Waals surface area (Å²) < 4.78 is 0. The maximum absolute atomic E-state index is 12.2. The zero-order valence-corrected chi connectivity index (χ0v) is 21.9. The Labute approximate surface area is 200 Å². The highest BCUT2D eigenvalue weighted by atomic mass is 16.2. The number of nitrogens with zero attached hydrogens (tertiary/aromatic N) is 2. The molecule has 0 spiro atoms. The summed E-state index contributed by atoms with van der Waals surface area (Å²) in [5.41, 5.74) is 12.4. The molecule has 0 aromatic rings. The SMILES string of the molecule is CCCCCCCCCCCCCCCCCCN(C)C(=O)CN=C(C)[C@@H](N)CCCN. The molecule has 0 unspecified atom stereocenters. The molecule has 0 rings (SSSR count). The Morgan fingerprint density at radius 3 is 1.66 bits per heavy atom. The molecule has 0 radical (unpaired) electrons. The van der Waals surface area contributed by atoms with Crippen LogP contribution >= 0.6 is 0 Å². The lowest BCUT2D eigenvalue weighted by atomic mass is 10.0. The average molecular weight is 453 g/mol. The lowest BCUT2D eigenvalue weighted by molar-refractivity contribution is -0.128. The van der Waals surface area contributed by atoms with Crippen LogP contribution in [0.3, 0.4) is 0 Å². The van der Waals surface area contributed by atoms with Crippen LogP contribution in [0.1, 0.15) is 129 Å². The molecular weight excluding hydrogens is 396 g/mol. The van der Waals surface area contributed by atoms with E-state index in [9.17, 15) is 4.79 Å². The van der Waals surface area contributed by atoms with Gasteiger partial charge in [-0.15, -0.1) is 0 Å². The van der Waals surface area contributed by atoms with E-state index in [-0.39, 0.29) is 18.5 Å². The second-order valence-electron chi connectivity index (χ2n) is 9.61. The van der Waals surface area contributed by atoms with Gasteiger partial charge in [-0.3, -0.25) is 9.79 Å². The molecule has 1 amide bonds. The maximum Gasteiger partial charge on any atom is 0.243 e. The van der Waals surface area contributed by atoms with Crippen molar-refractivity contribution in [2.75, 3.05) is 26.7 Å². The first-order valence-corrected chi connectivity index (χ1v) is 13.7. The number of amides is 1. The molecule has 0 fully saturated rings. The number of rotatable bonds is 23. The number of carbonyl (C=O) groups is 1. The third-order valence-electron chi connectivity index (χ3n) is 6.49. The average Bonchev–Trinajstić information content (AvgIpc) is 2.80. The summed E-state index contributed by atoms with van der Waals surface area (Å²) in [5.74, 6) is 0.0799. The van der Waals surface area contributed by atoms with Gasteiger partial charge in [-0.1, -0.05) is 103 Å². The predicted molar refractivity (Wildman–Crippen MR) is 141 cm³/mol. The lowest BCUT2D eigenvalue weighted by Gasteiger charge is -2.17. The van der Waals surface area contributed by atoms with E-state index in [0.717, 1.165) is 31.5 Å². The number of unbranched alkanes of at least 4 members (excludes halogenated alkanes) is 15. The molecule has 5 heteroatoms. The minimum absolute atomic E-state index is 0.0799. The van der Waals surface area contributed by atoms with E-state index in [1.54, 1.807) is 0 Å². The molecule has 0 aliphatic carbocycles. The molecule has 0 bridgehead atoms. The minimum atomic E-state index is -0.0861. The molecule has 0 aliphatic heterocycles. The number of likely N-dealkylation sites (N-methyl/N-ethyl adjacent to an activating group) is 1. The standard InChI is InChI=1S/C27H56N4O/c1-4-5-6-7-8-9-10-11-12-13-14-15-16-17-18-19-23-31(3)27(32)24-30-25(2)26(29)21-20-22-28/h26H,4-24,28-29H2,1-3H3/t26-/m0/s1. The quantitative estimate of drug-likeness (QED) is 0.142. The van der Waals surface area contributed by atoms with Crippen molar-refractivity contribution in [3.63, 3.8) is 0 Å². The van der Waals surface area contributed by atoms with Crippen molar-refractivity contribution in [1.82, 2.24) is 4.90 Å². The van der Waals surface area contributed by atoms with Gasteiger partial charge in [-0.25, -0.2) is 0 Å². The van der Waals surface area contributed by atoms with E-state index in [1.165, 1.54) is 96.3 Å². The molecule has 0 heterocycles. The number of nitrogens with two attached hydrogens (primary N) is 2. The lowest BCUT2D eigenvalue weighted by Crippen LogP contribution is -2.32. The van der Waals surface area contributed by atoms with E-state index in [4.69, 9.17) is 11.5 Å². The molecule has 0 saturated heterocycles. The van der Waals surface area contributed by atoms with Crippen molar-refractivity contribution in [2.24, 2.45) is 16.5 Å². The highest BCUT2D eigenvalue weighted by Gasteiger charge is 2.10. The summed E-state index contributed by atoms with van der Waals surface area (Å²) in [6.07, 6.45) is 23.6. The van der Waals surface area contributed by atoms with Crippen LogP contribution in [0, 0.1) is 0 Å². The molecule has 4 N–H and O–H groups in total. The van der Waals surface area contributed by atoms with Crippen molar-refractivity contribution < 1.29 is 4.79 Å². The van der Waals surface area contributed by atoms with Crippen LogP contribution in [0.15, 0.2) is 4.99 Å².